The molecule has 0 saturated carbocycles. The van der Waals surface area contributed by atoms with Gasteiger partial charge < -0.3 is 4.90 Å². The van der Waals surface area contributed by atoms with Gasteiger partial charge in [0.15, 0.2) is 5.69 Å². The van der Waals surface area contributed by atoms with E-state index in [1.165, 1.54) is 0 Å². The standard InChI is InChI=1S/C19H14ClF3N6OS/c20-14-8-12(29-6-1-5-25-29)2-3-15(14)31(30)13-4-7-28(11-13)18-9-16(19(21,22)23)26-17(10-24)27-18/h1-3,5-6,8-9,13H,4,7,11H2. The second kappa shape index (κ2) is 8.28. The van der Waals surface area contributed by atoms with Crippen LogP contribution in [-0.2, 0) is 17.0 Å². The largest absolute Gasteiger partial charge is 0.433 e. The first-order chi connectivity index (χ1) is 14.8. The fourth-order valence-electron chi connectivity index (χ4n) is 3.30. The van der Waals surface area contributed by atoms with Crippen molar-refractivity contribution < 1.29 is 17.4 Å². The molecule has 31 heavy (non-hydrogen) atoms. The smallest absolute Gasteiger partial charge is 0.355 e. The zero-order valence-electron chi connectivity index (χ0n) is 15.8. The van der Waals surface area contributed by atoms with Crippen molar-refractivity contribution in [1.82, 2.24) is 19.7 Å². The Bertz CT molecular complexity index is 1180. The van der Waals surface area contributed by atoms with Gasteiger partial charge in [0.1, 0.15) is 11.9 Å². The summed E-state index contributed by atoms with van der Waals surface area (Å²) in [6, 6.07) is 9.20. The average Bonchev–Trinajstić information content (AvgIpc) is 3.44. The highest BCUT2D eigenvalue weighted by Crippen LogP contribution is 2.32. The van der Waals surface area contributed by atoms with Gasteiger partial charge in [-0.25, -0.2) is 14.6 Å². The normalized spacial score (nSPS) is 17.5. The number of rotatable bonds is 4. The van der Waals surface area contributed by atoms with E-state index in [1.807, 2.05) is 0 Å². The van der Waals surface area contributed by atoms with Crippen molar-refractivity contribution in [3.8, 4) is 11.8 Å². The van der Waals surface area contributed by atoms with Gasteiger partial charge in [-0.05, 0) is 30.7 Å². The van der Waals surface area contributed by atoms with Crippen LogP contribution in [0.15, 0.2) is 47.6 Å². The summed E-state index contributed by atoms with van der Waals surface area (Å²) < 4.78 is 54.0. The number of hydrogen-bond donors (Lipinski definition) is 0. The topological polar surface area (TPSA) is 87.7 Å². The molecule has 1 aromatic carbocycles. The molecule has 2 unspecified atom stereocenters. The van der Waals surface area contributed by atoms with E-state index >= 15 is 0 Å². The Morgan fingerprint density at radius 2 is 2.06 bits per heavy atom. The number of nitrogens with zero attached hydrogens (tertiary/aromatic N) is 6. The number of anilines is 1. The quantitative estimate of drug-likeness (QED) is 0.584. The van der Waals surface area contributed by atoms with E-state index in [2.05, 4.69) is 15.1 Å². The van der Waals surface area contributed by atoms with Crippen LogP contribution < -0.4 is 4.90 Å². The molecular formula is C19H14ClF3N6OS. The molecular weight excluding hydrogens is 453 g/mol. The summed E-state index contributed by atoms with van der Waals surface area (Å²) in [5.41, 5.74) is -0.468. The van der Waals surface area contributed by atoms with Crippen LogP contribution in [0.2, 0.25) is 5.02 Å². The number of benzene rings is 1. The van der Waals surface area contributed by atoms with Gasteiger partial charge in [-0.2, -0.15) is 23.5 Å². The van der Waals surface area contributed by atoms with Crippen LogP contribution in [0.4, 0.5) is 19.0 Å². The second-order valence-electron chi connectivity index (χ2n) is 6.76. The third-order valence-electron chi connectivity index (χ3n) is 4.78. The van der Waals surface area contributed by atoms with Gasteiger partial charge in [0.2, 0.25) is 5.82 Å². The van der Waals surface area contributed by atoms with Crippen molar-refractivity contribution >= 4 is 28.2 Å². The highest BCUT2D eigenvalue weighted by Gasteiger charge is 2.36. The first kappa shape index (κ1) is 21.3. The van der Waals surface area contributed by atoms with E-state index in [4.69, 9.17) is 16.9 Å². The maximum absolute atomic E-state index is 13.1. The van der Waals surface area contributed by atoms with Crippen molar-refractivity contribution in [2.75, 3.05) is 18.0 Å². The molecule has 0 spiro atoms. The molecule has 2 aromatic heterocycles. The van der Waals surface area contributed by atoms with E-state index < -0.39 is 28.5 Å². The van der Waals surface area contributed by atoms with Crippen molar-refractivity contribution in [1.29, 1.82) is 5.26 Å². The van der Waals surface area contributed by atoms with Crippen LogP contribution in [0, 0.1) is 11.3 Å². The zero-order valence-corrected chi connectivity index (χ0v) is 17.3. The SMILES string of the molecule is N#Cc1nc(N2CCC(S(=O)c3ccc(-n4cccn4)cc3Cl)C2)cc(C(F)(F)F)n1. The molecule has 1 aliphatic heterocycles. The third kappa shape index (κ3) is 4.40. The Morgan fingerprint density at radius 3 is 2.71 bits per heavy atom. The lowest BCUT2D eigenvalue weighted by Gasteiger charge is -2.19. The van der Waals surface area contributed by atoms with Gasteiger partial charge in [0, 0.05) is 31.5 Å². The summed E-state index contributed by atoms with van der Waals surface area (Å²) in [7, 11) is -1.48. The van der Waals surface area contributed by atoms with Gasteiger partial charge in [0.25, 0.3) is 0 Å². The van der Waals surface area contributed by atoms with Crippen molar-refractivity contribution in [2.24, 2.45) is 0 Å². The predicted molar refractivity (Wildman–Crippen MR) is 107 cm³/mol. The molecule has 0 amide bonds. The van der Waals surface area contributed by atoms with Crippen LogP contribution in [-0.4, -0.2) is 42.3 Å². The van der Waals surface area contributed by atoms with Gasteiger partial charge >= 0.3 is 6.18 Å². The minimum Gasteiger partial charge on any atom is -0.355 e. The molecule has 1 aliphatic rings. The molecule has 0 aliphatic carbocycles. The Hall–Kier alpha value is -2.97. The molecule has 2 atom stereocenters. The van der Waals surface area contributed by atoms with Gasteiger partial charge in [-0.3, -0.25) is 4.21 Å². The highest BCUT2D eigenvalue weighted by atomic mass is 35.5. The molecule has 12 heteroatoms. The van der Waals surface area contributed by atoms with Crippen molar-refractivity contribution in [2.45, 2.75) is 22.7 Å². The fourth-order valence-corrected chi connectivity index (χ4v) is 5.15. The van der Waals surface area contributed by atoms with Crippen LogP contribution in [0.3, 0.4) is 0 Å². The maximum Gasteiger partial charge on any atom is 0.433 e. The van der Waals surface area contributed by atoms with Crippen molar-refractivity contribution in [3.05, 3.63) is 59.3 Å². The van der Waals surface area contributed by atoms with Crippen LogP contribution in [0.25, 0.3) is 5.69 Å². The molecule has 1 fully saturated rings. The molecule has 3 heterocycles. The molecule has 7 nitrogen and oxygen atoms in total. The van der Waals surface area contributed by atoms with Gasteiger partial charge in [-0.15, -0.1) is 0 Å². The summed E-state index contributed by atoms with van der Waals surface area (Å²) in [6.07, 6.45) is -0.849. The van der Waals surface area contributed by atoms with Gasteiger partial charge in [-0.1, -0.05) is 11.6 Å². The first-order valence-electron chi connectivity index (χ1n) is 9.08. The maximum atomic E-state index is 13.1. The third-order valence-corrected chi connectivity index (χ3v) is 6.98. The van der Waals surface area contributed by atoms with Crippen LogP contribution >= 0.6 is 11.6 Å². The number of hydrogen-bond acceptors (Lipinski definition) is 6. The summed E-state index contributed by atoms with van der Waals surface area (Å²) in [5.74, 6) is -0.579. The first-order valence-corrected chi connectivity index (χ1v) is 10.7. The zero-order chi connectivity index (χ0) is 22.2. The molecule has 0 radical (unpaired) electrons. The Kier molecular flexibility index (Phi) is 5.68. The Labute approximate surface area is 182 Å². The van der Waals surface area contributed by atoms with Gasteiger partial charge in [0.05, 0.1) is 31.7 Å². The lowest BCUT2D eigenvalue weighted by atomic mass is 10.3. The Morgan fingerprint density at radius 1 is 1.26 bits per heavy atom. The van der Waals surface area contributed by atoms with E-state index in [-0.39, 0.29) is 17.6 Å². The van der Waals surface area contributed by atoms with E-state index in [0.29, 0.717) is 28.6 Å². The minimum atomic E-state index is -4.70. The molecule has 160 valence electrons. The van der Waals surface area contributed by atoms with Crippen molar-refractivity contribution in [3.63, 3.8) is 0 Å². The summed E-state index contributed by atoms with van der Waals surface area (Å²) >= 11 is 6.35. The lowest BCUT2D eigenvalue weighted by molar-refractivity contribution is -0.141. The summed E-state index contributed by atoms with van der Waals surface area (Å²) in [5, 5.41) is 13.1. The monoisotopic (exact) mass is 466 g/mol. The summed E-state index contributed by atoms with van der Waals surface area (Å²) in [4.78, 5) is 9.14. The number of nitriles is 1. The second-order valence-corrected chi connectivity index (χ2v) is 8.87. The predicted octanol–water partition coefficient (Wildman–Crippen LogP) is 3.59. The summed E-state index contributed by atoms with van der Waals surface area (Å²) in [6.45, 7) is 0.557. The van der Waals surface area contributed by atoms with Crippen LogP contribution in [0.5, 0.6) is 0 Å². The minimum absolute atomic E-state index is 0.0153. The lowest BCUT2D eigenvalue weighted by Crippen LogP contribution is -2.26. The number of alkyl halides is 3. The number of aromatic nitrogens is 4. The van der Waals surface area contributed by atoms with E-state index in [1.54, 1.807) is 52.3 Å². The highest BCUT2D eigenvalue weighted by molar-refractivity contribution is 7.85. The molecule has 1 saturated heterocycles. The number of halogens is 4. The average molecular weight is 467 g/mol. The van der Waals surface area contributed by atoms with E-state index in [0.717, 1.165) is 6.07 Å². The Balaban J connectivity index is 1.54. The van der Waals surface area contributed by atoms with E-state index in [9.17, 15) is 17.4 Å². The molecule has 3 aromatic rings. The van der Waals surface area contributed by atoms with Crippen LogP contribution in [0.1, 0.15) is 17.9 Å². The molecule has 0 N–H and O–H groups in total. The molecule has 0 bridgehead atoms. The molecule has 4 rings (SSSR count). The fraction of sp³-hybridized carbons (Fsp3) is 0.263.